The quantitative estimate of drug-likeness (QED) is 0.854. The molecule has 2 aromatic rings. The van der Waals surface area contributed by atoms with Gasteiger partial charge in [0.2, 0.25) is 5.91 Å². The van der Waals surface area contributed by atoms with Crippen molar-refractivity contribution in [2.75, 3.05) is 27.2 Å². The summed E-state index contributed by atoms with van der Waals surface area (Å²) in [6.07, 6.45) is 1.54. The van der Waals surface area contributed by atoms with Crippen molar-refractivity contribution in [3.63, 3.8) is 0 Å². The third-order valence-electron chi connectivity index (χ3n) is 5.41. The van der Waals surface area contributed by atoms with Crippen molar-refractivity contribution in [1.29, 1.82) is 0 Å². The van der Waals surface area contributed by atoms with E-state index in [-0.39, 0.29) is 17.9 Å². The van der Waals surface area contributed by atoms with Gasteiger partial charge in [-0.3, -0.25) is 9.48 Å². The standard InChI is InChI=1S/C21H27N5O3/c1-24(2)21(28)25-8-5-9-26-18(13-25)11-17(23-26)12-22-20(27)16-10-15-6-3-4-7-19(15)29-14-16/h3-4,6-7,11,16H,5,8-10,12-14H2,1-2H3,(H,22,27). The minimum absolute atomic E-state index is 0.00656. The Kier molecular flexibility index (Phi) is 5.42. The van der Waals surface area contributed by atoms with Gasteiger partial charge in [-0.2, -0.15) is 5.10 Å². The van der Waals surface area contributed by atoms with Crippen LogP contribution in [-0.4, -0.2) is 58.8 Å². The van der Waals surface area contributed by atoms with Crippen LogP contribution in [0.15, 0.2) is 30.3 Å². The number of ether oxygens (including phenoxy) is 1. The molecular formula is C21H27N5O3. The molecule has 0 saturated carbocycles. The van der Waals surface area contributed by atoms with E-state index in [2.05, 4.69) is 10.4 Å². The molecule has 1 N–H and O–H groups in total. The van der Waals surface area contributed by atoms with Gasteiger partial charge >= 0.3 is 6.03 Å². The van der Waals surface area contributed by atoms with Crippen LogP contribution >= 0.6 is 0 Å². The zero-order chi connectivity index (χ0) is 20.4. The van der Waals surface area contributed by atoms with Gasteiger partial charge in [0.1, 0.15) is 12.4 Å². The van der Waals surface area contributed by atoms with Crippen LogP contribution in [0.5, 0.6) is 5.75 Å². The average molecular weight is 397 g/mol. The smallest absolute Gasteiger partial charge is 0.319 e. The Bertz CT molecular complexity index is 907. The third-order valence-corrected chi connectivity index (χ3v) is 5.41. The Hall–Kier alpha value is -3.03. The lowest BCUT2D eigenvalue weighted by Gasteiger charge is -2.24. The molecule has 8 heteroatoms. The predicted octanol–water partition coefficient (Wildman–Crippen LogP) is 1.64. The molecule has 0 aliphatic carbocycles. The minimum atomic E-state index is -0.196. The lowest BCUT2D eigenvalue weighted by atomic mass is 9.96. The zero-order valence-electron chi connectivity index (χ0n) is 16.9. The lowest BCUT2D eigenvalue weighted by Crippen LogP contribution is -2.38. The molecule has 3 amide bonds. The second-order valence-corrected chi connectivity index (χ2v) is 7.84. The molecule has 0 saturated heterocycles. The van der Waals surface area contributed by atoms with Crippen molar-refractivity contribution in [3.8, 4) is 5.75 Å². The van der Waals surface area contributed by atoms with E-state index in [9.17, 15) is 9.59 Å². The molecule has 154 valence electrons. The van der Waals surface area contributed by atoms with Gasteiger partial charge in [-0.25, -0.2) is 4.79 Å². The third kappa shape index (κ3) is 4.21. The fourth-order valence-electron chi connectivity index (χ4n) is 3.87. The summed E-state index contributed by atoms with van der Waals surface area (Å²) in [6, 6.07) is 9.83. The van der Waals surface area contributed by atoms with E-state index in [0.717, 1.165) is 42.2 Å². The van der Waals surface area contributed by atoms with Gasteiger partial charge in [-0.1, -0.05) is 18.2 Å². The number of carbonyl (C=O) groups excluding carboxylic acids is 2. The fourth-order valence-corrected chi connectivity index (χ4v) is 3.87. The highest BCUT2D eigenvalue weighted by molar-refractivity contribution is 5.79. The first kappa shape index (κ1) is 19.3. The molecule has 2 aliphatic heterocycles. The topological polar surface area (TPSA) is 79.7 Å². The first-order valence-electron chi connectivity index (χ1n) is 10.0. The number of urea groups is 1. The first-order chi connectivity index (χ1) is 14.0. The monoisotopic (exact) mass is 397 g/mol. The van der Waals surface area contributed by atoms with Crippen molar-refractivity contribution in [3.05, 3.63) is 47.3 Å². The molecular weight excluding hydrogens is 370 g/mol. The average Bonchev–Trinajstić information content (AvgIpc) is 3.01. The summed E-state index contributed by atoms with van der Waals surface area (Å²) in [6.45, 7) is 2.79. The SMILES string of the molecule is CN(C)C(=O)N1CCCn2nc(CNC(=O)C3COc4ccccc4C3)cc2C1. The summed E-state index contributed by atoms with van der Waals surface area (Å²) in [5.41, 5.74) is 2.87. The number of nitrogens with one attached hydrogen (secondary N) is 1. The van der Waals surface area contributed by atoms with E-state index < -0.39 is 0 Å². The lowest BCUT2D eigenvalue weighted by molar-refractivity contribution is -0.126. The summed E-state index contributed by atoms with van der Waals surface area (Å²) in [7, 11) is 3.53. The predicted molar refractivity (Wildman–Crippen MR) is 107 cm³/mol. The van der Waals surface area contributed by atoms with Crippen molar-refractivity contribution >= 4 is 11.9 Å². The summed E-state index contributed by atoms with van der Waals surface area (Å²) in [5.74, 6) is 0.650. The number of rotatable bonds is 3. The van der Waals surface area contributed by atoms with E-state index in [1.807, 2.05) is 39.9 Å². The summed E-state index contributed by atoms with van der Waals surface area (Å²) in [4.78, 5) is 28.3. The molecule has 3 heterocycles. The highest BCUT2D eigenvalue weighted by Gasteiger charge is 2.26. The molecule has 4 rings (SSSR count). The molecule has 1 atom stereocenters. The van der Waals surface area contributed by atoms with Crippen molar-refractivity contribution in [1.82, 2.24) is 24.9 Å². The minimum Gasteiger partial charge on any atom is -0.492 e. The van der Waals surface area contributed by atoms with Crippen LogP contribution in [0.2, 0.25) is 0 Å². The number of amides is 3. The van der Waals surface area contributed by atoms with Crippen LogP contribution in [0.25, 0.3) is 0 Å². The molecule has 0 bridgehead atoms. The Labute approximate surface area is 170 Å². The fraction of sp³-hybridized carbons (Fsp3) is 0.476. The van der Waals surface area contributed by atoms with Gasteiger partial charge < -0.3 is 19.9 Å². The highest BCUT2D eigenvalue weighted by atomic mass is 16.5. The number of hydrogen-bond acceptors (Lipinski definition) is 4. The maximum atomic E-state index is 12.6. The Balaban J connectivity index is 1.36. The molecule has 0 fully saturated rings. The molecule has 1 aromatic carbocycles. The van der Waals surface area contributed by atoms with E-state index in [0.29, 0.717) is 26.1 Å². The first-order valence-corrected chi connectivity index (χ1v) is 10.0. The van der Waals surface area contributed by atoms with E-state index in [4.69, 9.17) is 4.74 Å². The molecule has 2 aliphatic rings. The number of hydrogen-bond donors (Lipinski definition) is 1. The molecule has 1 aromatic heterocycles. The summed E-state index contributed by atoms with van der Waals surface area (Å²) in [5, 5.41) is 7.61. The van der Waals surface area contributed by atoms with Gasteiger partial charge in [0.05, 0.1) is 30.4 Å². The molecule has 29 heavy (non-hydrogen) atoms. The van der Waals surface area contributed by atoms with Crippen LogP contribution in [-0.2, 0) is 30.8 Å². The van der Waals surface area contributed by atoms with Crippen LogP contribution in [0.3, 0.4) is 0 Å². The van der Waals surface area contributed by atoms with Crippen molar-refractivity contribution in [2.45, 2.75) is 32.5 Å². The largest absolute Gasteiger partial charge is 0.492 e. The highest BCUT2D eigenvalue weighted by Crippen LogP contribution is 2.26. The summed E-state index contributed by atoms with van der Waals surface area (Å²) < 4.78 is 7.67. The van der Waals surface area contributed by atoms with Crippen LogP contribution in [0, 0.1) is 5.92 Å². The molecule has 0 spiro atoms. The second kappa shape index (κ2) is 8.14. The Morgan fingerprint density at radius 1 is 1.28 bits per heavy atom. The van der Waals surface area contributed by atoms with Gasteiger partial charge in [-0.15, -0.1) is 0 Å². The van der Waals surface area contributed by atoms with Crippen molar-refractivity contribution in [2.24, 2.45) is 5.92 Å². The van der Waals surface area contributed by atoms with Gasteiger partial charge in [-0.05, 0) is 30.5 Å². The Morgan fingerprint density at radius 2 is 2.10 bits per heavy atom. The number of fused-ring (bicyclic) bond motifs is 2. The summed E-state index contributed by atoms with van der Waals surface area (Å²) >= 11 is 0. The number of carbonyl (C=O) groups is 2. The van der Waals surface area contributed by atoms with E-state index in [1.54, 1.807) is 19.0 Å². The number of aromatic nitrogens is 2. The van der Waals surface area contributed by atoms with Gasteiger partial charge in [0, 0.05) is 27.2 Å². The van der Waals surface area contributed by atoms with Crippen LogP contribution < -0.4 is 10.1 Å². The van der Waals surface area contributed by atoms with Gasteiger partial charge in [0.15, 0.2) is 0 Å². The van der Waals surface area contributed by atoms with Crippen LogP contribution in [0.4, 0.5) is 4.79 Å². The molecule has 0 radical (unpaired) electrons. The Morgan fingerprint density at radius 3 is 2.93 bits per heavy atom. The number of aryl methyl sites for hydroxylation is 1. The molecule has 1 unspecified atom stereocenters. The normalized spacial score (nSPS) is 18.1. The van der Waals surface area contributed by atoms with Gasteiger partial charge in [0.25, 0.3) is 0 Å². The number of benzene rings is 1. The van der Waals surface area contributed by atoms with Crippen molar-refractivity contribution < 1.29 is 14.3 Å². The number of nitrogens with zero attached hydrogens (tertiary/aromatic N) is 4. The molecule has 8 nitrogen and oxygen atoms in total. The van der Waals surface area contributed by atoms with E-state index >= 15 is 0 Å². The second-order valence-electron chi connectivity index (χ2n) is 7.84. The maximum absolute atomic E-state index is 12.6. The zero-order valence-corrected chi connectivity index (χ0v) is 16.9. The maximum Gasteiger partial charge on any atom is 0.319 e. The van der Waals surface area contributed by atoms with Crippen LogP contribution in [0.1, 0.15) is 23.4 Å². The number of para-hydroxylation sites is 1. The van der Waals surface area contributed by atoms with E-state index in [1.165, 1.54) is 0 Å².